The number of amides is 1. The number of carbonyl (C=O) groups excluding carboxylic acids is 1. The molecule has 0 spiro atoms. The summed E-state index contributed by atoms with van der Waals surface area (Å²) in [7, 11) is 0. The number of alkyl halides is 3. The maximum absolute atomic E-state index is 12.6. The monoisotopic (exact) mass is 300 g/mol. The van der Waals surface area contributed by atoms with Gasteiger partial charge in [0.25, 0.3) is 0 Å². The van der Waals surface area contributed by atoms with E-state index >= 15 is 0 Å². The number of hydrogen-bond donors (Lipinski definition) is 1. The van der Waals surface area contributed by atoms with Crippen LogP contribution in [0.25, 0.3) is 0 Å². The Bertz CT molecular complexity index is 591. The minimum absolute atomic E-state index is 0.0359. The van der Waals surface area contributed by atoms with E-state index in [-0.39, 0.29) is 37.2 Å². The lowest BCUT2D eigenvalue weighted by Gasteiger charge is -2.40. The first kappa shape index (κ1) is 15.1. The van der Waals surface area contributed by atoms with Crippen LogP contribution in [0.1, 0.15) is 11.3 Å². The van der Waals surface area contributed by atoms with Gasteiger partial charge in [-0.15, -0.1) is 0 Å². The molecule has 1 aliphatic rings. The standard InChI is InChI=1S/C12H11F3N4O2/c13-12(14,15)9-2-1-7(3-16)11(18-9)19-4-8(5-19)21-6-10(17)20/h1-2,8H,4-6H2,(H2,17,20). The highest BCUT2D eigenvalue weighted by atomic mass is 19.4. The second-order valence-electron chi connectivity index (χ2n) is 4.48. The zero-order chi connectivity index (χ0) is 15.6. The highest BCUT2D eigenvalue weighted by Gasteiger charge is 2.36. The lowest BCUT2D eigenvalue weighted by Crippen LogP contribution is -2.53. The SMILES string of the molecule is N#Cc1ccc(C(F)(F)F)nc1N1CC(OCC(N)=O)C1. The number of ether oxygens (including phenoxy) is 1. The van der Waals surface area contributed by atoms with Crippen LogP contribution < -0.4 is 10.6 Å². The Morgan fingerprint density at radius 3 is 2.71 bits per heavy atom. The summed E-state index contributed by atoms with van der Waals surface area (Å²) in [5.74, 6) is -0.658. The summed E-state index contributed by atoms with van der Waals surface area (Å²) < 4.78 is 43.0. The van der Waals surface area contributed by atoms with Crippen LogP contribution in [0.15, 0.2) is 12.1 Å². The molecule has 0 aromatic carbocycles. The highest BCUT2D eigenvalue weighted by molar-refractivity contribution is 5.75. The number of nitrogens with zero attached hydrogens (tertiary/aromatic N) is 3. The fraction of sp³-hybridized carbons (Fsp3) is 0.417. The van der Waals surface area contributed by atoms with E-state index in [0.717, 1.165) is 12.1 Å². The third-order valence-corrected chi connectivity index (χ3v) is 2.89. The quantitative estimate of drug-likeness (QED) is 0.882. The third-order valence-electron chi connectivity index (χ3n) is 2.89. The normalized spacial score (nSPS) is 15.4. The number of primary amides is 1. The molecule has 1 aromatic rings. The van der Waals surface area contributed by atoms with E-state index in [1.165, 1.54) is 4.90 Å². The minimum atomic E-state index is -4.57. The van der Waals surface area contributed by atoms with Crippen LogP contribution in [0, 0.1) is 11.3 Å². The Kier molecular flexibility index (Phi) is 3.99. The van der Waals surface area contributed by atoms with Crippen molar-refractivity contribution >= 4 is 11.7 Å². The molecule has 1 aromatic heterocycles. The summed E-state index contributed by atoms with van der Waals surface area (Å²) in [5.41, 5.74) is 3.92. The van der Waals surface area contributed by atoms with Crippen molar-refractivity contribution in [3.05, 3.63) is 23.4 Å². The van der Waals surface area contributed by atoms with Crippen LogP contribution >= 0.6 is 0 Å². The smallest absolute Gasteiger partial charge is 0.368 e. The molecule has 1 aliphatic heterocycles. The lowest BCUT2D eigenvalue weighted by atomic mass is 10.1. The lowest BCUT2D eigenvalue weighted by molar-refractivity contribution is -0.141. The molecule has 112 valence electrons. The maximum atomic E-state index is 12.6. The molecular formula is C12H11F3N4O2. The first-order valence-electron chi connectivity index (χ1n) is 5.94. The van der Waals surface area contributed by atoms with Gasteiger partial charge in [-0.2, -0.15) is 18.4 Å². The van der Waals surface area contributed by atoms with Crippen molar-refractivity contribution in [2.24, 2.45) is 5.73 Å². The van der Waals surface area contributed by atoms with Crippen molar-refractivity contribution in [1.82, 2.24) is 4.98 Å². The van der Waals surface area contributed by atoms with Gasteiger partial charge in [0.1, 0.15) is 24.2 Å². The number of hydrogen-bond acceptors (Lipinski definition) is 5. The maximum Gasteiger partial charge on any atom is 0.433 e. The van der Waals surface area contributed by atoms with Crippen LogP contribution in [-0.4, -0.2) is 36.7 Å². The van der Waals surface area contributed by atoms with E-state index in [1.54, 1.807) is 6.07 Å². The van der Waals surface area contributed by atoms with Gasteiger partial charge >= 0.3 is 6.18 Å². The number of nitrogens with two attached hydrogens (primary N) is 1. The molecule has 2 heterocycles. The molecule has 2 N–H and O–H groups in total. The highest BCUT2D eigenvalue weighted by Crippen LogP contribution is 2.31. The first-order chi connectivity index (χ1) is 9.81. The van der Waals surface area contributed by atoms with Crippen molar-refractivity contribution in [2.45, 2.75) is 12.3 Å². The fourth-order valence-corrected chi connectivity index (χ4v) is 1.85. The summed E-state index contributed by atoms with van der Waals surface area (Å²) in [6.45, 7) is 0.242. The minimum Gasteiger partial charge on any atom is -0.368 e. The van der Waals surface area contributed by atoms with Crippen LogP contribution in [0.5, 0.6) is 0 Å². The van der Waals surface area contributed by atoms with Gasteiger partial charge in [0.2, 0.25) is 5.91 Å². The zero-order valence-electron chi connectivity index (χ0n) is 10.7. The Labute approximate surface area is 117 Å². The molecule has 0 bridgehead atoms. The zero-order valence-corrected chi connectivity index (χ0v) is 10.7. The molecular weight excluding hydrogens is 289 g/mol. The van der Waals surface area contributed by atoms with Gasteiger partial charge in [0.05, 0.1) is 11.7 Å². The third kappa shape index (κ3) is 3.41. The van der Waals surface area contributed by atoms with E-state index in [0.29, 0.717) is 0 Å². The Morgan fingerprint density at radius 1 is 1.52 bits per heavy atom. The van der Waals surface area contributed by atoms with Crippen molar-refractivity contribution < 1.29 is 22.7 Å². The van der Waals surface area contributed by atoms with E-state index in [1.807, 2.05) is 0 Å². The second-order valence-corrected chi connectivity index (χ2v) is 4.48. The fourth-order valence-electron chi connectivity index (χ4n) is 1.85. The van der Waals surface area contributed by atoms with Gasteiger partial charge in [-0.1, -0.05) is 0 Å². The van der Waals surface area contributed by atoms with Gasteiger partial charge < -0.3 is 15.4 Å². The molecule has 0 atom stereocenters. The summed E-state index contributed by atoms with van der Waals surface area (Å²) in [4.78, 5) is 15.5. The number of pyridine rings is 1. The number of halogens is 3. The van der Waals surface area contributed by atoms with Gasteiger partial charge in [-0.25, -0.2) is 4.98 Å². The molecule has 1 saturated heterocycles. The largest absolute Gasteiger partial charge is 0.433 e. The van der Waals surface area contributed by atoms with E-state index in [9.17, 15) is 18.0 Å². The van der Waals surface area contributed by atoms with Crippen LogP contribution in [0.2, 0.25) is 0 Å². The number of anilines is 1. The molecule has 9 heteroatoms. The first-order valence-corrected chi connectivity index (χ1v) is 5.94. The molecule has 6 nitrogen and oxygen atoms in total. The van der Waals surface area contributed by atoms with Gasteiger partial charge in [-0.05, 0) is 12.1 Å². The topological polar surface area (TPSA) is 92.2 Å². The summed E-state index contributed by atoms with van der Waals surface area (Å²) in [5, 5.41) is 8.93. The summed E-state index contributed by atoms with van der Waals surface area (Å²) >= 11 is 0. The number of nitriles is 1. The van der Waals surface area contributed by atoms with Crippen molar-refractivity contribution in [3.8, 4) is 6.07 Å². The van der Waals surface area contributed by atoms with Crippen molar-refractivity contribution in [1.29, 1.82) is 5.26 Å². The predicted molar refractivity (Wildman–Crippen MR) is 65.1 cm³/mol. The van der Waals surface area contributed by atoms with E-state index in [4.69, 9.17) is 15.7 Å². The van der Waals surface area contributed by atoms with Crippen LogP contribution in [0.3, 0.4) is 0 Å². The second kappa shape index (κ2) is 5.57. The van der Waals surface area contributed by atoms with E-state index in [2.05, 4.69) is 4.98 Å². The molecule has 21 heavy (non-hydrogen) atoms. The number of rotatable bonds is 4. The van der Waals surface area contributed by atoms with Crippen LogP contribution in [0.4, 0.5) is 19.0 Å². The van der Waals surface area contributed by atoms with Gasteiger partial charge in [-0.3, -0.25) is 4.79 Å². The molecule has 2 rings (SSSR count). The number of carbonyl (C=O) groups is 1. The van der Waals surface area contributed by atoms with E-state index < -0.39 is 17.8 Å². The molecule has 1 fully saturated rings. The molecule has 0 unspecified atom stereocenters. The average molecular weight is 300 g/mol. The Morgan fingerprint density at radius 2 is 2.19 bits per heavy atom. The summed E-state index contributed by atoms with van der Waals surface area (Å²) in [6, 6.07) is 3.65. The Balaban J connectivity index is 2.10. The average Bonchev–Trinajstić information content (AvgIpc) is 2.35. The van der Waals surface area contributed by atoms with Gasteiger partial charge in [0.15, 0.2) is 0 Å². The van der Waals surface area contributed by atoms with Gasteiger partial charge in [0, 0.05) is 13.1 Å². The predicted octanol–water partition coefficient (Wildman–Crippen LogP) is 0.663. The Hall–Kier alpha value is -2.34. The van der Waals surface area contributed by atoms with Crippen molar-refractivity contribution in [3.63, 3.8) is 0 Å². The molecule has 0 saturated carbocycles. The van der Waals surface area contributed by atoms with Crippen LogP contribution in [-0.2, 0) is 15.7 Å². The molecule has 1 amide bonds. The molecule has 0 radical (unpaired) electrons. The van der Waals surface area contributed by atoms with Crippen molar-refractivity contribution in [2.75, 3.05) is 24.6 Å². The number of aromatic nitrogens is 1. The summed E-state index contributed by atoms with van der Waals surface area (Å²) in [6.07, 6.45) is -4.89. The molecule has 0 aliphatic carbocycles.